The van der Waals surface area contributed by atoms with E-state index < -0.39 is 0 Å². The van der Waals surface area contributed by atoms with Gasteiger partial charge in [-0.05, 0) is 63.7 Å². The Balaban J connectivity index is 1.56. The van der Waals surface area contributed by atoms with Gasteiger partial charge in [-0.25, -0.2) is 0 Å². The van der Waals surface area contributed by atoms with Gasteiger partial charge in [0, 0.05) is 12.1 Å². The first kappa shape index (κ1) is 18.2. The molecule has 2 aromatic heterocycles. The highest BCUT2D eigenvalue weighted by molar-refractivity contribution is 9.12. The summed E-state index contributed by atoms with van der Waals surface area (Å²) in [5, 5.41) is 0. The van der Waals surface area contributed by atoms with Crippen molar-refractivity contribution in [2.24, 2.45) is 0 Å². The summed E-state index contributed by atoms with van der Waals surface area (Å²) in [7, 11) is 0. The lowest BCUT2D eigenvalue weighted by molar-refractivity contribution is 0.0763. The Morgan fingerprint density at radius 2 is 1.14 bits per heavy atom. The van der Waals surface area contributed by atoms with Crippen LogP contribution in [0.25, 0.3) is 0 Å². The third-order valence-corrected chi connectivity index (χ3v) is 6.79. The zero-order chi connectivity index (χ0) is 15.2. The molecule has 2 aromatic rings. The molecule has 9 heteroatoms. The Morgan fingerprint density at radius 1 is 0.714 bits per heavy atom. The van der Waals surface area contributed by atoms with Crippen LogP contribution in [0.15, 0.2) is 27.3 Å². The van der Waals surface area contributed by atoms with Crippen LogP contribution in [0.1, 0.15) is 0 Å². The second-order valence-corrected chi connectivity index (χ2v) is 11.2. The number of hydrogen-bond donors (Lipinski definition) is 0. The molecule has 0 fully saturated rings. The molecule has 2 rings (SSSR count). The van der Waals surface area contributed by atoms with Crippen molar-refractivity contribution in [1.29, 1.82) is 0 Å². The number of rotatable bonds is 8. The van der Waals surface area contributed by atoms with Gasteiger partial charge in [-0.2, -0.15) is 0 Å². The van der Waals surface area contributed by atoms with Crippen LogP contribution in [0.2, 0.25) is 0 Å². The normalized spacial score (nSPS) is 10.9. The largest absolute Gasteiger partial charge is 0.489 e. The van der Waals surface area contributed by atoms with Gasteiger partial charge in [0.25, 0.3) is 0 Å². The summed E-state index contributed by atoms with van der Waals surface area (Å²) in [6, 6.07) is 3.87. The first-order valence-electron chi connectivity index (χ1n) is 5.79. The number of thiophene rings is 2. The van der Waals surface area contributed by atoms with Gasteiger partial charge in [-0.15, -0.1) is 22.7 Å². The first-order chi connectivity index (χ1) is 10.1. The molecule has 2 heterocycles. The minimum Gasteiger partial charge on any atom is -0.489 e. The molecule has 3 nitrogen and oxygen atoms in total. The van der Waals surface area contributed by atoms with Crippen LogP contribution in [0.5, 0.6) is 11.5 Å². The maximum Gasteiger partial charge on any atom is 0.145 e. The molecule has 0 saturated heterocycles. The maximum atomic E-state index is 5.60. The van der Waals surface area contributed by atoms with Crippen molar-refractivity contribution in [3.8, 4) is 11.5 Å². The van der Waals surface area contributed by atoms with Gasteiger partial charge in [0.15, 0.2) is 0 Å². The Bertz CT molecular complexity index is 535. The molecule has 0 saturated carbocycles. The molecule has 0 atom stereocenters. The molecular formula is C12H10Br4O3S2. The van der Waals surface area contributed by atoms with E-state index in [-0.39, 0.29) is 0 Å². The predicted octanol–water partition coefficient (Wildman–Crippen LogP) is 6.33. The van der Waals surface area contributed by atoms with Gasteiger partial charge >= 0.3 is 0 Å². The summed E-state index contributed by atoms with van der Waals surface area (Å²) >= 11 is 16.9. The van der Waals surface area contributed by atoms with E-state index in [9.17, 15) is 0 Å². The lowest BCUT2D eigenvalue weighted by Gasteiger charge is -2.07. The van der Waals surface area contributed by atoms with Crippen LogP contribution in [-0.2, 0) is 4.74 Å². The van der Waals surface area contributed by atoms with E-state index in [1.54, 1.807) is 22.7 Å². The molecule has 0 amide bonds. The van der Waals surface area contributed by atoms with Crippen molar-refractivity contribution in [2.45, 2.75) is 0 Å². The van der Waals surface area contributed by atoms with Gasteiger partial charge in [0.2, 0.25) is 0 Å². The molecule has 0 aromatic carbocycles. The van der Waals surface area contributed by atoms with E-state index >= 15 is 0 Å². The molecule has 0 N–H and O–H groups in total. The Kier molecular flexibility index (Phi) is 8.02. The molecule has 116 valence electrons. The van der Waals surface area contributed by atoms with Crippen molar-refractivity contribution in [2.75, 3.05) is 26.4 Å². The highest BCUT2D eigenvalue weighted by atomic mass is 79.9. The lowest BCUT2D eigenvalue weighted by Crippen LogP contribution is -2.11. The van der Waals surface area contributed by atoms with Crippen molar-refractivity contribution in [3.05, 3.63) is 27.3 Å². The summed E-state index contributed by atoms with van der Waals surface area (Å²) in [4.78, 5) is 0. The molecule has 0 aliphatic carbocycles. The van der Waals surface area contributed by atoms with Gasteiger partial charge in [-0.1, -0.05) is 0 Å². The van der Waals surface area contributed by atoms with E-state index in [1.165, 1.54) is 0 Å². The molecule has 0 aliphatic heterocycles. The van der Waals surface area contributed by atoms with E-state index in [0.717, 1.165) is 26.6 Å². The van der Waals surface area contributed by atoms with E-state index in [4.69, 9.17) is 14.2 Å². The van der Waals surface area contributed by atoms with Crippen LogP contribution in [0.3, 0.4) is 0 Å². The van der Waals surface area contributed by atoms with Crippen molar-refractivity contribution in [3.63, 3.8) is 0 Å². The van der Waals surface area contributed by atoms with E-state index in [0.29, 0.717) is 26.4 Å². The third kappa shape index (κ3) is 6.12. The summed E-state index contributed by atoms with van der Waals surface area (Å²) in [5.74, 6) is 1.66. The Labute approximate surface area is 164 Å². The number of hydrogen-bond acceptors (Lipinski definition) is 5. The van der Waals surface area contributed by atoms with Gasteiger partial charge in [-0.3, -0.25) is 0 Å². The fraction of sp³-hybridized carbons (Fsp3) is 0.333. The molecule has 0 aliphatic rings. The third-order valence-electron chi connectivity index (χ3n) is 2.22. The minimum absolute atomic E-state index is 0.509. The number of ether oxygens (including phenoxy) is 3. The zero-order valence-electron chi connectivity index (χ0n) is 10.5. The van der Waals surface area contributed by atoms with Gasteiger partial charge in [0.1, 0.15) is 32.3 Å². The highest BCUT2D eigenvalue weighted by Gasteiger charge is 2.07. The first-order valence-corrected chi connectivity index (χ1v) is 10.6. The predicted molar refractivity (Wildman–Crippen MR) is 101 cm³/mol. The smallest absolute Gasteiger partial charge is 0.145 e. The summed E-state index contributed by atoms with van der Waals surface area (Å²) in [6.45, 7) is 2.07. The monoisotopic (exact) mass is 582 g/mol. The highest BCUT2D eigenvalue weighted by Crippen LogP contribution is 2.38. The quantitative estimate of drug-likeness (QED) is 0.339. The second-order valence-electron chi connectivity index (χ2n) is 3.69. The van der Waals surface area contributed by atoms with Crippen LogP contribution >= 0.6 is 86.4 Å². The topological polar surface area (TPSA) is 27.7 Å². The van der Waals surface area contributed by atoms with Gasteiger partial charge < -0.3 is 14.2 Å². The van der Waals surface area contributed by atoms with Crippen molar-refractivity contribution >= 4 is 86.4 Å². The van der Waals surface area contributed by atoms with Gasteiger partial charge in [0.05, 0.1) is 20.8 Å². The molecule has 0 radical (unpaired) electrons. The lowest BCUT2D eigenvalue weighted by atomic mass is 10.6. The Morgan fingerprint density at radius 3 is 1.48 bits per heavy atom. The summed E-state index contributed by atoms with van der Waals surface area (Å²) in [6.07, 6.45) is 0. The maximum absolute atomic E-state index is 5.60. The average Bonchev–Trinajstić information content (AvgIpc) is 2.90. The minimum atomic E-state index is 0.509. The van der Waals surface area contributed by atoms with Crippen molar-refractivity contribution < 1.29 is 14.2 Å². The van der Waals surface area contributed by atoms with E-state index in [1.807, 2.05) is 12.1 Å². The Hall–Kier alpha value is 0.880. The van der Waals surface area contributed by atoms with E-state index in [2.05, 4.69) is 63.7 Å². The fourth-order valence-electron chi connectivity index (χ4n) is 1.37. The second kappa shape index (κ2) is 9.24. The number of halogens is 4. The molecule has 0 spiro atoms. The van der Waals surface area contributed by atoms with Crippen LogP contribution in [0.4, 0.5) is 0 Å². The molecule has 0 bridgehead atoms. The molecular weight excluding hydrogens is 576 g/mol. The fourth-order valence-corrected chi connectivity index (χ4v) is 6.68. The average molecular weight is 586 g/mol. The molecule has 21 heavy (non-hydrogen) atoms. The SMILES string of the molecule is Brc1cc(OCCOCCOc2cc(Br)sc2Br)c(Br)s1. The standard InChI is InChI=1S/C12H10Br4O3S2/c13-9-5-7(11(15)20-9)18-3-1-17-2-4-19-8-6-10(14)21-12(8)16/h5-6H,1-4H2. The van der Waals surface area contributed by atoms with Crippen LogP contribution in [-0.4, -0.2) is 26.4 Å². The van der Waals surface area contributed by atoms with Crippen LogP contribution in [0, 0.1) is 0 Å². The summed E-state index contributed by atoms with van der Waals surface area (Å²) in [5.41, 5.74) is 0. The van der Waals surface area contributed by atoms with Crippen molar-refractivity contribution in [1.82, 2.24) is 0 Å². The molecule has 0 unspecified atom stereocenters. The zero-order valence-corrected chi connectivity index (χ0v) is 18.5. The van der Waals surface area contributed by atoms with Crippen LogP contribution < -0.4 is 9.47 Å². The summed E-state index contributed by atoms with van der Waals surface area (Å²) < 4.78 is 20.7.